The third kappa shape index (κ3) is 4.61. The van der Waals surface area contributed by atoms with Crippen LogP contribution in [-0.2, 0) is 9.53 Å². The van der Waals surface area contributed by atoms with Crippen molar-refractivity contribution >= 4 is 17.6 Å². The normalized spacial score (nSPS) is 10.4. The Bertz CT molecular complexity index is 850. The monoisotopic (exact) mass is 359 g/mol. The molecule has 0 bridgehead atoms. The minimum absolute atomic E-state index is 0.128. The molecule has 0 spiro atoms. The molecule has 3 rings (SSSR count). The molecule has 0 aliphatic rings. The fourth-order valence-electron chi connectivity index (χ4n) is 2.90. The Morgan fingerprint density at radius 2 is 1.33 bits per heavy atom. The molecule has 0 unspecified atom stereocenters. The van der Waals surface area contributed by atoms with Crippen LogP contribution in [0.25, 0.3) is 0 Å². The maximum absolute atomic E-state index is 13.0. The highest BCUT2D eigenvalue weighted by Gasteiger charge is 2.22. The van der Waals surface area contributed by atoms with E-state index in [1.165, 1.54) is 0 Å². The first-order chi connectivity index (χ1) is 13.2. The zero-order chi connectivity index (χ0) is 19.1. The Kier molecular flexibility index (Phi) is 6.00. The molecular formula is C23H21NO3. The molecule has 0 fully saturated rings. The fourth-order valence-corrected chi connectivity index (χ4v) is 2.90. The summed E-state index contributed by atoms with van der Waals surface area (Å²) in [4.78, 5) is 24.8. The number of ether oxygens (including phenoxy) is 1. The number of hydrogen-bond donors (Lipinski definition) is 1. The second-order valence-electron chi connectivity index (χ2n) is 6.04. The van der Waals surface area contributed by atoms with E-state index in [0.717, 1.165) is 11.1 Å². The molecule has 0 saturated heterocycles. The molecule has 27 heavy (non-hydrogen) atoms. The van der Waals surface area contributed by atoms with Gasteiger partial charge in [-0.1, -0.05) is 60.7 Å². The summed E-state index contributed by atoms with van der Waals surface area (Å²) in [5, 5.41) is 2.95. The summed E-state index contributed by atoms with van der Waals surface area (Å²) in [7, 11) is 0. The zero-order valence-electron chi connectivity index (χ0n) is 15.1. The van der Waals surface area contributed by atoms with E-state index in [0.29, 0.717) is 17.9 Å². The van der Waals surface area contributed by atoms with Crippen molar-refractivity contribution in [2.75, 3.05) is 11.9 Å². The number of carbonyl (C=O) groups excluding carboxylic acids is 2. The number of anilines is 1. The summed E-state index contributed by atoms with van der Waals surface area (Å²) in [6.07, 6.45) is 0. The van der Waals surface area contributed by atoms with Gasteiger partial charge in [-0.25, -0.2) is 4.79 Å². The van der Waals surface area contributed by atoms with E-state index >= 15 is 0 Å². The SMILES string of the molecule is CCOC(=O)c1ccc(NC(=O)C(c2ccccc2)c2ccccc2)cc1. The average Bonchev–Trinajstić information content (AvgIpc) is 2.70. The van der Waals surface area contributed by atoms with Crippen LogP contribution < -0.4 is 5.32 Å². The van der Waals surface area contributed by atoms with Crippen LogP contribution in [-0.4, -0.2) is 18.5 Å². The Labute approximate surface area is 158 Å². The molecule has 0 atom stereocenters. The first kappa shape index (κ1) is 18.4. The topological polar surface area (TPSA) is 55.4 Å². The molecule has 0 aliphatic heterocycles. The van der Waals surface area contributed by atoms with Gasteiger partial charge in [-0.15, -0.1) is 0 Å². The van der Waals surface area contributed by atoms with Gasteiger partial charge in [0.05, 0.1) is 18.1 Å². The maximum atomic E-state index is 13.0. The van der Waals surface area contributed by atoms with Crippen molar-refractivity contribution in [2.45, 2.75) is 12.8 Å². The lowest BCUT2D eigenvalue weighted by atomic mass is 9.90. The van der Waals surface area contributed by atoms with E-state index in [1.807, 2.05) is 60.7 Å². The second-order valence-corrected chi connectivity index (χ2v) is 6.04. The van der Waals surface area contributed by atoms with Crippen LogP contribution in [0.4, 0.5) is 5.69 Å². The number of rotatable bonds is 6. The molecule has 0 aliphatic carbocycles. The molecule has 4 heteroatoms. The molecule has 0 radical (unpaired) electrons. The van der Waals surface area contributed by atoms with Gasteiger partial charge >= 0.3 is 5.97 Å². The highest BCUT2D eigenvalue weighted by molar-refractivity contribution is 5.98. The minimum atomic E-state index is -0.419. The van der Waals surface area contributed by atoms with Crippen molar-refractivity contribution in [3.8, 4) is 0 Å². The lowest BCUT2D eigenvalue weighted by Gasteiger charge is -2.18. The predicted octanol–water partition coefficient (Wildman–Crippen LogP) is 4.63. The van der Waals surface area contributed by atoms with Crippen molar-refractivity contribution in [1.29, 1.82) is 0 Å². The standard InChI is InChI=1S/C23H21NO3/c1-2-27-23(26)19-13-15-20(16-14-19)24-22(25)21(17-9-5-3-6-10-17)18-11-7-4-8-12-18/h3-16,21H,2H2,1H3,(H,24,25). The van der Waals surface area contributed by atoms with Crippen molar-refractivity contribution in [3.63, 3.8) is 0 Å². The summed E-state index contributed by atoms with van der Waals surface area (Å²) < 4.78 is 4.98. The summed E-state index contributed by atoms with van der Waals surface area (Å²) in [5.74, 6) is -0.921. The van der Waals surface area contributed by atoms with Crippen LogP contribution in [0.15, 0.2) is 84.9 Å². The first-order valence-electron chi connectivity index (χ1n) is 8.87. The largest absolute Gasteiger partial charge is 0.462 e. The summed E-state index contributed by atoms with van der Waals surface area (Å²) in [5.41, 5.74) is 2.93. The molecule has 0 heterocycles. The molecule has 3 aromatic rings. The van der Waals surface area contributed by atoms with Gasteiger partial charge in [0.25, 0.3) is 0 Å². The Balaban J connectivity index is 1.82. The van der Waals surface area contributed by atoms with Crippen molar-refractivity contribution < 1.29 is 14.3 Å². The van der Waals surface area contributed by atoms with Crippen LogP contribution >= 0.6 is 0 Å². The van der Waals surface area contributed by atoms with Crippen LogP contribution in [0, 0.1) is 0 Å². The average molecular weight is 359 g/mol. The van der Waals surface area contributed by atoms with Crippen LogP contribution in [0.2, 0.25) is 0 Å². The molecule has 1 N–H and O–H groups in total. The van der Waals surface area contributed by atoms with Gasteiger partial charge in [-0.3, -0.25) is 4.79 Å². The Morgan fingerprint density at radius 3 is 1.81 bits per heavy atom. The van der Waals surface area contributed by atoms with E-state index in [1.54, 1.807) is 31.2 Å². The molecule has 136 valence electrons. The summed E-state index contributed by atoms with van der Waals surface area (Å²) in [6, 6.07) is 26.0. The zero-order valence-corrected chi connectivity index (χ0v) is 15.1. The third-order valence-electron chi connectivity index (χ3n) is 4.19. The Morgan fingerprint density at radius 1 is 0.815 bits per heavy atom. The van der Waals surface area contributed by atoms with Gasteiger partial charge in [0, 0.05) is 5.69 Å². The molecule has 4 nitrogen and oxygen atoms in total. The molecule has 1 amide bonds. The lowest BCUT2D eigenvalue weighted by Crippen LogP contribution is -2.22. The lowest BCUT2D eigenvalue weighted by molar-refractivity contribution is -0.116. The van der Waals surface area contributed by atoms with Crippen molar-refractivity contribution in [3.05, 3.63) is 102 Å². The second kappa shape index (κ2) is 8.81. The van der Waals surface area contributed by atoms with Gasteiger partial charge in [0.2, 0.25) is 5.91 Å². The fraction of sp³-hybridized carbons (Fsp3) is 0.130. The molecular weight excluding hydrogens is 338 g/mol. The number of benzene rings is 3. The molecule has 0 aromatic heterocycles. The third-order valence-corrected chi connectivity index (χ3v) is 4.19. The summed E-state index contributed by atoms with van der Waals surface area (Å²) in [6.45, 7) is 2.09. The molecule has 0 saturated carbocycles. The van der Waals surface area contributed by atoms with Gasteiger partial charge in [0.1, 0.15) is 0 Å². The van der Waals surface area contributed by atoms with Gasteiger partial charge in [-0.2, -0.15) is 0 Å². The van der Waals surface area contributed by atoms with E-state index < -0.39 is 5.92 Å². The van der Waals surface area contributed by atoms with E-state index in [-0.39, 0.29) is 11.9 Å². The highest BCUT2D eigenvalue weighted by Crippen LogP contribution is 2.26. The number of esters is 1. The summed E-state index contributed by atoms with van der Waals surface area (Å²) >= 11 is 0. The van der Waals surface area contributed by atoms with E-state index in [9.17, 15) is 9.59 Å². The molecule has 3 aromatic carbocycles. The van der Waals surface area contributed by atoms with E-state index in [4.69, 9.17) is 4.74 Å². The smallest absolute Gasteiger partial charge is 0.338 e. The first-order valence-corrected chi connectivity index (χ1v) is 8.87. The van der Waals surface area contributed by atoms with Gasteiger partial charge < -0.3 is 10.1 Å². The number of carbonyl (C=O) groups is 2. The number of amides is 1. The Hall–Kier alpha value is -3.40. The van der Waals surface area contributed by atoms with Gasteiger partial charge in [0.15, 0.2) is 0 Å². The number of hydrogen-bond acceptors (Lipinski definition) is 3. The minimum Gasteiger partial charge on any atom is -0.462 e. The van der Waals surface area contributed by atoms with Crippen LogP contribution in [0.1, 0.15) is 34.3 Å². The van der Waals surface area contributed by atoms with Crippen LogP contribution in [0.5, 0.6) is 0 Å². The van der Waals surface area contributed by atoms with Crippen LogP contribution in [0.3, 0.4) is 0 Å². The highest BCUT2D eigenvalue weighted by atomic mass is 16.5. The van der Waals surface area contributed by atoms with Crippen molar-refractivity contribution in [2.24, 2.45) is 0 Å². The number of nitrogens with one attached hydrogen (secondary N) is 1. The predicted molar refractivity (Wildman–Crippen MR) is 106 cm³/mol. The van der Waals surface area contributed by atoms with E-state index in [2.05, 4.69) is 5.32 Å². The maximum Gasteiger partial charge on any atom is 0.338 e. The quantitative estimate of drug-likeness (QED) is 0.653. The van der Waals surface area contributed by atoms with Crippen molar-refractivity contribution in [1.82, 2.24) is 0 Å². The van der Waals surface area contributed by atoms with Gasteiger partial charge in [-0.05, 0) is 42.3 Å².